The van der Waals surface area contributed by atoms with Gasteiger partial charge in [0.15, 0.2) is 11.5 Å². The number of hydrogen-bond donors (Lipinski definition) is 1. The van der Waals surface area contributed by atoms with Crippen molar-refractivity contribution in [3.63, 3.8) is 0 Å². The fourth-order valence-electron chi connectivity index (χ4n) is 4.17. The standard InChI is InChI=1S/C26H36N2O3/c1-19(27(4)14-15-30-5)22-9-7-8-21-17-28(18-23(21)22)26(2,3)13-12-20-10-11-24(29)25(16-20)31-6/h7-11,16,29H,1,12-15,17-18H2,2-6H3. The van der Waals surface area contributed by atoms with Crippen LogP contribution in [0, 0.1) is 0 Å². The summed E-state index contributed by atoms with van der Waals surface area (Å²) in [5.74, 6) is 0.716. The number of aromatic hydroxyl groups is 1. The van der Waals surface area contributed by atoms with Crippen molar-refractivity contribution < 1.29 is 14.6 Å². The summed E-state index contributed by atoms with van der Waals surface area (Å²) in [6.45, 7) is 12.4. The van der Waals surface area contributed by atoms with Crippen LogP contribution in [0.25, 0.3) is 5.70 Å². The summed E-state index contributed by atoms with van der Waals surface area (Å²) in [6, 6.07) is 12.2. The number of rotatable bonds is 10. The summed E-state index contributed by atoms with van der Waals surface area (Å²) in [5.41, 5.74) is 6.26. The first-order chi connectivity index (χ1) is 14.8. The molecule has 0 amide bonds. The van der Waals surface area contributed by atoms with Crippen LogP contribution in [0.2, 0.25) is 0 Å². The highest BCUT2D eigenvalue weighted by Gasteiger charge is 2.33. The molecule has 1 aliphatic heterocycles. The first kappa shape index (κ1) is 23.2. The maximum atomic E-state index is 9.84. The van der Waals surface area contributed by atoms with Gasteiger partial charge in [0, 0.05) is 50.6 Å². The number of nitrogens with zero attached hydrogens (tertiary/aromatic N) is 2. The van der Waals surface area contributed by atoms with E-state index in [1.54, 1.807) is 20.3 Å². The molecule has 2 aromatic carbocycles. The fraction of sp³-hybridized carbons (Fsp3) is 0.462. The van der Waals surface area contributed by atoms with E-state index in [9.17, 15) is 5.11 Å². The van der Waals surface area contributed by atoms with Crippen LogP contribution in [0.1, 0.15) is 42.5 Å². The molecular formula is C26H36N2O3. The van der Waals surface area contributed by atoms with Crippen LogP contribution >= 0.6 is 0 Å². The Bertz CT molecular complexity index is 923. The summed E-state index contributed by atoms with van der Waals surface area (Å²) in [4.78, 5) is 4.73. The Morgan fingerprint density at radius 2 is 1.97 bits per heavy atom. The first-order valence-electron chi connectivity index (χ1n) is 10.9. The molecule has 5 nitrogen and oxygen atoms in total. The topological polar surface area (TPSA) is 45.2 Å². The Morgan fingerprint density at radius 3 is 2.68 bits per heavy atom. The van der Waals surface area contributed by atoms with Crippen LogP contribution < -0.4 is 4.74 Å². The Labute approximate surface area is 186 Å². The highest BCUT2D eigenvalue weighted by atomic mass is 16.5. The highest BCUT2D eigenvalue weighted by Crippen LogP contribution is 2.36. The first-order valence-corrected chi connectivity index (χ1v) is 10.9. The van der Waals surface area contributed by atoms with Gasteiger partial charge < -0.3 is 19.5 Å². The lowest BCUT2D eigenvalue weighted by atomic mass is 9.93. The normalized spacial score (nSPS) is 13.8. The third-order valence-corrected chi connectivity index (χ3v) is 6.51. The van der Waals surface area contributed by atoms with E-state index < -0.39 is 0 Å². The summed E-state index contributed by atoms with van der Waals surface area (Å²) >= 11 is 0. The van der Waals surface area contributed by atoms with Crippen molar-refractivity contribution in [1.82, 2.24) is 9.80 Å². The van der Waals surface area contributed by atoms with E-state index >= 15 is 0 Å². The summed E-state index contributed by atoms with van der Waals surface area (Å²) in [6.07, 6.45) is 1.94. The van der Waals surface area contributed by atoms with Gasteiger partial charge in [-0.15, -0.1) is 0 Å². The molecule has 0 fully saturated rings. The number of phenols is 1. The lowest BCUT2D eigenvalue weighted by Crippen LogP contribution is -2.40. The van der Waals surface area contributed by atoms with Gasteiger partial charge in [-0.1, -0.05) is 30.8 Å². The number of fused-ring (bicyclic) bond motifs is 1. The van der Waals surface area contributed by atoms with E-state index in [0.717, 1.165) is 38.2 Å². The highest BCUT2D eigenvalue weighted by molar-refractivity contribution is 5.66. The molecule has 1 N–H and O–H groups in total. The van der Waals surface area contributed by atoms with Gasteiger partial charge in [-0.05, 0) is 55.5 Å². The molecule has 1 aliphatic rings. The Hall–Kier alpha value is -2.50. The molecule has 3 rings (SSSR count). The smallest absolute Gasteiger partial charge is 0.160 e. The van der Waals surface area contributed by atoms with Crippen molar-refractivity contribution in [2.45, 2.75) is 45.3 Å². The van der Waals surface area contributed by atoms with Crippen LogP contribution in [-0.4, -0.2) is 54.9 Å². The van der Waals surface area contributed by atoms with Crippen molar-refractivity contribution in [2.24, 2.45) is 0 Å². The molecule has 0 spiro atoms. The zero-order valence-electron chi connectivity index (χ0n) is 19.6. The van der Waals surface area contributed by atoms with E-state index in [4.69, 9.17) is 9.47 Å². The Balaban J connectivity index is 1.70. The van der Waals surface area contributed by atoms with E-state index in [1.807, 2.05) is 12.1 Å². The number of ether oxygens (including phenoxy) is 2. The average Bonchev–Trinajstić information content (AvgIpc) is 3.22. The maximum Gasteiger partial charge on any atom is 0.160 e. The van der Waals surface area contributed by atoms with E-state index in [2.05, 4.69) is 55.5 Å². The monoisotopic (exact) mass is 424 g/mol. The summed E-state index contributed by atoms with van der Waals surface area (Å²) in [7, 11) is 5.39. The molecule has 31 heavy (non-hydrogen) atoms. The van der Waals surface area contributed by atoms with Gasteiger partial charge >= 0.3 is 0 Å². The second-order valence-electron chi connectivity index (χ2n) is 8.98. The molecule has 168 valence electrons. The van der Waals surface area contributed by atoms with Crippen molar-refractivity contribution >= 4 is 5.70 Å². The lowest BCUT2D eigenvalue weighted by molar-refractivity contribution is 0.109. The van der Waals surface area contributed by atoms with Crippen LogP contribution in [0.15, 0.2) is 43.0 Å². The molecule has 2 aromatic rings. The van der Waals surface area contributed by atoms with Gasteiger partial charge in [-0.3, -0.25) is 4.90 Å². The Kier molecular flexibility index (Phi) is 7.29. The Morgan fingerprint density at radius 1 is 1.19 bits per heavy atom. The molecule has 0 saturated heterocycles. The lowest BCUT2D eigenvalue weighted by Gasteiger charge is -2.36. The quantitative estimate of drug-likeness (QED) is 0.600. The minimum Gasteiger partial charge on any atom is -0.504 e. The zero-order valence-corrected chi connectivity index (χ0v) is 19.6. The molecule has 0 unspecified atom stereocenters. The fourth-order valence-corrected chi connectivity index (χ4v) is 4.17. The van der Waals surface area contributed by atoms with Gasteiger partial charge in [-0.25, -0.2) is 0 Å². The van der Waals surface area contributed by atoms with Gasteiger partial charge in [0.05, 0.1) is 13.7 Å². The number of phenolic OH excluding ortho intramolecular Hbond substituents is 1. The molecule has 1 heterocycles. The largest absolute Gasteiger partial charge is 0.504 e. The minimum absolute atomic E-state index is 0.0324. The summed E-state index contributed by atoms with van der Waals surface area (Å²) < 4.78 is 10.5. The van der Waals surface area contributed by atoms with Gasteiger partial charge in [0.1, 0.15) is 0 Å². The second kappa shape index (κ2) is 9.75. The van der Waals surface area contributed by atoms with Crippen LogP contribution in [-0.2, 0) is 24.2 Å². The van der Waals surface area contributed by atoms with Crippen molar-refractivity contribution in [3.05, 3.63) is 65.2 Å². The van der Waals surface area contributed by atoms with E-state index in [1.165, 1.54) is 22.3 Å². The van der Waals surface area contributed by atoms with Crippen molar-refractivity contribution in [1.29, 1.82) is 0 Å². The van der Waals surface area contributed by atoms with Crippen LogP contribution in [0.3, 0.4) is 0 Å². The molecule has 0 aromatic heterocycles. The van der Waals surface area contributed by atoms with Gasteiger partial charge in [0.2, 0.25) is 0 Å². The van der Waals surface area contributed by atoms with Gasteiger partial charge in [0.25, 0.3) is 0 Å². The average molecular weight is 425 g/mol. The van der Waals surface area contributed by atoms with E-state index in [0.29, 0.717) is 12.4 Å². The molecule has 0 bridgehead atoms. The molecular weight excluding hydrogens is 388 g/mol. The zero-order chi connectivity index (χ0) is 22.6. The molecule has 5 heteroatoms. The number of aryl methyl sites for hydroxylation is 1. The third kappa shape index (κ3) is 5.23. The molecule has 0 atom stereocenters. The second-order valence-corrected chi connectivity index (χ2v) is 8.98. The predicted molar refractivity (Wildman–Crippen MR) is 126 cm³/mol. The van der Waals surface area contributed by atoms with Crippen molar-refractivity contribution in [2.75, 3.05) is 34.4 Å². The van der Waals surface area contributed by atoms with Crippen LogP contribution in [0.4, 0.5) is 0 Å². The SMILES string of the molecule is C=C(c1cccc2c1CN(C(C)(C)CCc1ccc(O)c(OC)c1)C2)N(C)CCOC. The minimum atomic E-state index is 0.0324. The molecule has 0 aliphatic carbocycles. The number of hydrogen-bond acceptors (Lipinski definition) is 5. The van der Waals surface area contributed by atoms with Gasteiger partial charge in [-0.2, -0.15) is 0 Å². The maximum absolute atomic E-state index is 9.84. The molecule has 0 saturated carbocycles. The van der Waals surface area contributed by atoms with E-state index in [-0.39, 0.29) is 11.3 Å². The summed E-state index contributed by atoms with van der Waals surface area (Å²) in [5, 5.41) is 9.84. The molecule has 0 radical (unpaired) electrons. The van der Waals surface area contributed by atoms with Crippen molar-refractivity contribution in [3.8, 4) is 11.5 Å². The third-order valence-electron chi connectivity index (χ3n) is 6.51. The number of methoxy groups -OCH3 is 2. The number of benzene rings is 2. The predicted octanol–water partition coefficient (Wildman–Crippen LogP) is 4.68. The number of likely N-dealkylation sites (N-methyl/N-ethyl adjacent to an activating group) is 1. The van der Waals surface area contributed by atoms with Crippen LogP contribution in [0.5, 0.6) is 11.5 Å².